The van der Waals surface area contributed by atoms with E-state index < -0.39 is 28.5 Å². The number of nitrogens with one attached hydrogen (secondary N) is 1. The number of carbonyl (C=O) groups is 2. The lowest BCUT2D eigenvalue weighted by molar-refractivity contribution is -0.140. The van der Waals surface area contributed by atoms with Crippen LogP contribution in [0.1, 0.15) is 47.9 Å². The second-order valence-electron chi connectivity index (χ2n) is 12.0. The molecule has 9 heteroatoms. The van der Waals surface area contributed by atoms with Gasteiger partial charge in [0.05, 0.1) is 15.6 Å². The number of hydrogen-bond donors (Lipinski definition) is 1. The fourth-order valence-corrected chi connectivity index (χ4v) is 7.54. The highest BCUT2D eigenvalue weighted by atomic mass is 35.5. The minimum atomic E-state index is -4.22. The van der Waals surface area contributed by atoms with Crippen molar-refractivity contribution in [3.05, 3.63) is 130 Å². The van der Waals surface area contributed by atoms with E-state index in [0.717, 1.165) is 52.2 Å². The van der Waals surface area contributed by atoms with E-state index >= 15 is 0 Å². The van der Waals surface area contributed by atoms with Crippen LogP contribution in [0, 0.1) is 13.8 Å². The van der Waals surface area contributed by atoms with Crippen molar-refractivity contribution in [1.29, 1.82) is 0 Å². The summed E-state index contributed by atoms with van der Waals surface area (Å²) in [5.74, 6) is -0.763. The van der Waals surface area contributed by atoms with Crippen molar-refractivity contribution in [2.45, 2.75) is 69.5 Å². The number of hydrogen-bond acceptors (Lipinski definition) is 4. The number of rotatable bonds is 12. The molecular formula is C37H40ClN3O4S. The van der Waals surface area contributed by atoms with Crippen LogP contribution in [0.3, 0.4) is 0 Å². The summed E-state index contributed by atoms with van der Waals surface area (Å²) in [6.07, 6.45) is 4.15. The van der Waals surface area contributed by atoms with Crippen LogP contribution in [0.5, 0.6) is 0 Å². The number of para-hydroxylation sites is 1. The molecule has 240 valence electrons. The molecule has 4 aromatic rings. The van der Waals surface area contributed by atoms with E-state index in [1.165, 1.54) is 17.0 Å². The lowest BCUT2D eigenvalue weighted by Crippen LogP contribution is -2.54. The topological polar surface area (TPSA) is 86.8 Å². The van der Waals surface area contributed by atoms with Gasteiger partial charge in [-0.3, -0.25) is 13.9 Å². The first-order chi connectivity index (χ1) is 22.1. The first kappa shape index (κ1) is 33.2. The van der Waals surface area contributed by atoms with Crippen molar-refractivity contribution < 1.29 is 18.0 Å². The Bertz CT molecular complexity index is 1740. The third-order valence-corrected chi connectivity index (χ3v) is 10.5. The Hall–Kier alpha value is -4.14. The summed E-state index contributed by atoms with van der Waals surface area (Å²) in [5.41, 5.74) is 3.88. The van der Waals surface area contributed by atoms with E-state index in [4.69, 9.17) is 11.6 Å². The maximum atomic E-state index is 14.6. The molecule has 1 atom stereocenters. The van der Waals surface area contributed by atoms with Crippen LogP contribution in [0.4, 0.5) is 5.69 Å². The second kappa shape index (κ2) is 15.0. The summed E-state index contributed by atoms with van der Waals surface area (Å²) >= 11 is 6.57. The lowest BCUT2D eigenvalue weighted by atomic mass is 10.0. The maximum Gasteiger partial charge on any atom is 0.264 e. The van der Waals surface area contributed by atoms with Crippen LogP contribution in [-0.2, 0) is 32.6 Å². The molecule has 46 heavy (non-hydrogen) atoms. The van der Waals surface area contributed by atoms with Gasteiger partial charge in [0.25, 0.3) is 10.0 Å². The zero-order valence-electron chi connectivity index (χ0n) is 26.2. The molecule has 7 nitrogen and oxygen atoms in total. The monoisotopic (exact) mass is 657 g/mol. The molecule has 1 saturated carbocycles. The normalized spacial score (nSPS) is 14.1. The minimum absolute atomic E-state index is 0.0377. The number of anilines is 1. The van der Waals surface area contributed by atoms with Gasteiger partial charge in [0.2, 0.25) is 11.8 Å². The molecule has 0 aromatic heterocycles. The van der Waals surface area contributed by atoms with Crippen molar-refractivity contribution in [3.8, 4) is 0 Å². The molecule has 0 bridgehead atoms. The molecule has 1 aliphatic rings. The van der Waals surface area contributed by atoms with E-state index in [2.05, 4.69) is 5.32 Å². The van der Waals surface area contributed by atoms with Gasteiger partial charge >= 0.3 is 0 Å². The number of amides is 2. The van der Waals surface area contributed by atoms with Crippen molar-refractivity contribution in [2.75, 3.05) is 10.8 Å². The van der Waals surface area contributed by atoms with Gasteiger partial charge in [-0.15, -0.1) is 0 Å². The smallest absolute Gasteiger partial charge is 0.264 e. The Labute approximate surface area is 277 Å². The SMILES string of the molecule is Cc1ccc(CN(C(=O)CN(c2ccccc2Cl)S(=O)(=O)c2ccc(C)cc2)[C@H](Cc2ccccc2)C(=O)NC2CCCC2)cc1. The average molecular weight is 658 g/mol. The van der Waals surface area contributed by atoms with E-state index in [-0.39, 0.29) is 40.5 Å². The van der Waals surface area contributed by atoms with Crippen LogP contribution in [-0.4, -0.2) is 43.8 Å². The minimum Gasteiger partial charge on any atom is -0.352 e. The molecule has 0 heterocycles. The zero-order chi connectivity index (χ0) is 32.7. The van der Waals surface area contributed by atoms with Gasteiger partial charge in [0, 0.05) is 19.0 Å². The molecule has 2 amide bonds. The third-order valence-electron chi connectivity index (χ3n) is 8.46. The van der Waals surface area contributed by atoms with Gasteiger partial charge in [-0.05, 0) is 62.1 Å². The number of aryl methyl sites for hydroxylation is 2. The number of benzene rings is 4. The fraction of sp³-hybridized carbons (Fsp3) is 0.297. The highest BCUT2D eigenvalue weighted by Crippen LogP contribution is 2.31. The molecule has 0 unspecified atom stereocenters. The van der Waals surface area contributed by atoms with E-state index in [1.54, 1.807) is 36.4 Å². The molecular weight excluding hydrogens is 618 g/mol. The molecule has 1 fully saturated rings. The number of nitrogens with zero attached hydrogens (tertiary/aromatic N) is 2. The first-order valence-corrected chi connectivity index (χ1v) is 17.5. The van der Waals surface area contributed by atoms with Crippen molar-refractivity contribution in [1.82, 2.24) is 10.2 Å². The van der Waals surface area contributed by atoms with E-state index in [9.17, 15) is 18.0 Å². The fourth-order valence-electron chi connectivity index (χ4n) is 5.82. The molecule has 0 saturated heterocycles. The van der Waals surface area contributed by atoms with Crippen LogP contribution >= 0.6 is 11.6 Å². The molecule has 1 aliphatic carbocycles. The van der Waals surface area contributed by atoms with Crippen LogP contribution in [0.25, 0.3) is 0 Å². The van der Waals surface area contributed by atoms with Gasteiger partial charge < -0.3 is 10.2 Å². The molecule has 1 N–H and O–H groups in total. The predicted octanol–water partition coefficient (Wildman–Crippen LogP) is 6.85. The summed E-state index contributed by atoms with van der Waals surface area (Å²) in [6, 6.07) is 29.6. The number of carbonyl (C=O) groups excluding carboxylic acids is 2. The Morgan fingerprint density at radius 1 is 0.804 bits per heavy atom. The van der Waals surface area contributed by atoms with Gasteiger partial charge in [-0.25, -0.2) is 8.42 Å². The van der Waals surface area contributed by atoms with Gasteiger partial charge in [0.15, 0.2) is 0 Å². The van der Waals surface area contributed by atoms with E-state index in [1.807, 2.05) is 68.4 Å². The Morgan fingerprint density at radius 2 is 1.39 bits per heavy atom. The van der Waals surface area contributed by atoms with Crippen LogP contribution in [0.15, 0.2) is 108 Å². The van der Waals surface area contributed by atoms with Gasteiger partial charge in [0.1, 0.15) is 12.6 Å². The third kappa shape index (κ3) is 8.17. The number of sulfonamides is 1. The van der Waals surface area contributed by atoms with E-state index in [0.29, 0.717) is 0 Å². The highest BCUT2D eigenvalue weighted by molar-refractivity contribution is 7.92. The molecule has 5 rings (SSSR count). The summed E-state index contributed by atoms with van der Waals surface area (Å²) in [7, 11) is -4.22. The van der Waals surface area contributed by atoms with Crippen molar-refractivity contribution in [3.63, 3.8) is 0 Å². The molecule has 0 aliphatic heterocycles. The van der Waals surface area contributed by atoms with Crippen LogP contribution in [0.2, 0.25) is 5.02 Å². The zero-order valence-corrected chi connectivity index (χ0v) is 27.8. The van der Waals surface area contributed by atoms with Crippen molar-refractivity contribution >= 4 is 39.1 Å². The highest BCUT2D eigenvalue weighted by Gasteiger charge is 2.36. The molecule has 0 spiro atoms. The lowest BCUT2D eigenvalue weighted by Gasteiger charge is -2.34. The predicted molar refractivity (Wildman–Crippen MR) is 183 cm³/mol. The summed E-state index contributed by atoms with van der Waals surface area (Å²) in [6.45, 7) is 3.43. The quantitative estimate of drug-likeness (QED) is 0.181. The standard InChI is InChI=1S/C37H40ClN3O4S/c1-27-16-20-30(21-17-27)25-40(35(24-29-10-4-3-5-11-29)37(43)39-31-12-6-7-13-31)36(42)26-41(34-15-9-8-14-33(34)38)46(44,45)32-22-18-28(2)19-23-32/h3-5,8-11,14-23,31,35H,6-7,12-13,24-26H2,1-2H3,(H,39,43)/t35-/m1/s1. The second-order valence-corrected chi connectivity index (χ2v) is 14.2. The Kier molecular flexibility index (Phi) is 10.8. The van der Waals surface area contributed by atoms with Gasteiger partial charge in [-0.2, -0.15) is 0 Å². The Morgan fingerprint density at radius 3 is 2.02 bits per heavy atom. The first-order valence-electron chi connectivity index (χ1n) is 15.6. The van der Waals surface area contributed by atoms with Gasteiger partial charge in [-0.1, -0.05) is 114 Å². The molecule has 4 aromatic carbocycles. The number of halogens is 1. The Balaban J connectivity index is 1.57. The summed E-state index contributed by atoms with van der Waals surface area (Å²) in [5, 5.41) is 3.39. The van der Waals surface area contributed by atoms with Crippen molar-refractivity contribution in [2.24, 2.45) is 0 Å². The summed E-state index contributed by atoms with van der Waals surface area (Å²) < 4.78 is 29.4. The average Bonchev–Trinajstić information content (AvgIpc) is 3.56. The van der Waals surface area contributed by atoms with Crippen LogP contribution < -0.4 is 9.62 Å². The largest absolute Gasteiger partial charge is 0.352 e. The molecule has 0 radical (unpaired) electrons. The summed E-state index contributed by atoms with van der Waals surface area (Å²) in [4.78, 5) is 30.3. The maximum absolute atomic E-state index is 14.6.